The third-order valence-corrected chi connectivity index (χ3v) is 4.49. The molecule has 0 aromatic carbocycles. The van der Waals surface area contributed by atoms with Crippen LogP contribution in [0.3, 0.4) is 0 Å². The molecule has 1 saturated carbocycles. The molecule has 82 valence electrons. The van der Waals surface area contributed by atoms with Crippen molar-refractivity contribution in [3.05, 3.63) is 0 Å². The molecule has 0 atom stereocenters. The minimum atomic E-state index is -3.23. The third-order valence-electron chi connectivity index (χ3n) is 2.68. The van der Waals surface area contributed by atoms with Gasteiger partial charge in [-0.25, -0.2) is 0 Å². The van der Waals surface area contributed by atoms with Crippen LogP contribution in [0.2, 0.25) is 0 Å². The fraction of sp³-hybridized carbons (Fsp3) is 1.00. The van der Waals surface area contributed by atoms with Gasteiger partial charge >= 0.3 is 0 Å². The first-order valence-electron chi connectivity index (χ1n) is 5.13. The highest BCUT2D eigenvalue weighted by atomic mass is 32.2. The highest BCUT2D eigenvalue weighted by Gasteiger charge is 2.36. The van der Waals surface area contributed by atoms with Crippen LogP contribution in [-0.4, -0.2) is 44.4 Å². The summed E-state index contributed by atoms with van der Waals surface area (Å²) in [4.78, 5) is 0. The summed E-state index contributed by atoms with van der Waals surface area (Å²) in [5.74, 6) is 0. The lowest BCUT2D eigenvalue weighted by molar-refractivity contribution is 0.247. The molecule has 5 nitrogen and oxygen atoms in total. The molecular weight excluding hydrogens is 202 g/mol. The van der Waals surface area contributed by atoms with E-state index in [2.05, 4.69) is 10.0 Å². The molecule has 14 heavy (non-hydrogen) atoms. The second kappa shape index (κ2) is 3.77. The van der Waals surface area contributed by atoms with Crippen molar-refractivity contribution in [1.82, 2.24) is 14.3 Å². The van der Waals surface area contributed by atoms with Gasteiger partial charge in [0.05, 0.1) is 6.04 Å². The van der Waals surface area contributed by atoms with E-state index in [0.717, 1.165) is 25.9 Å². The zero-order chi connectivity index (χ0) is 10.2. The molecule has 0 aromatic rings. The van der Waals surface area contributed by atoms with Gasteiger partial charge in [-0.05, 0) is 12.8 Å². The summed E-state index contributed by atoms with van der Waals surface area (Å²) in [6.45, 7) is 3.98. The zero-order valence-corrected chi connectivity index (χ0v) is 9.18. The van der Waals surface area contributed by atoms with E-state index in [1.807, 2.05) is 6.92 Å². The summed E-state index contributed by atoms with van der Waals surface area (Å²) in [5.41, 5.74) is 0. The molecule has 2 N–H and O–H groups in total. The van der Waals surface area contributed by atoms with E-state index in [0.29, 0.717) is 6.54 Å². The Kier molecular flexibility index (Phi) is 2.79. The average Bonchev–Trinajstić information content (AvgIpc) is 2.78. The van der Waals surface area contributed by atoms with Crippen molar-refractivity contribution < 1.29 is 8.42 Å². The quantitative estimate of drug-likeness (QED) is 0.641. The van der Waals surface area contributed by atoms with Gasteiger partial charge < -0.3 is 5.32 Å². The molecule has 1 heterocycles. The number of likely N-dealkylation sites (N-methyl/N-ethyl adjacent to an activating group) is 1. The van der Waals surface area contributed by atoms with Crippen molar-refractivity contribution in [2.24, 2.45) is 0 Å². The Labute approximate surface area is 85.0 Å². The Morgan fingerprint density at radius 3 is 2.43 bits per heavy atom. The van der Waals surface area contributed by atoms with E-state index >= 15 is 0 Å². The lowest BCUT2D eigenvalue weighted by Gasteiger charge is -2.36. The maximum absolute atomic E-state index is 11.8. The molecular formula is C8H17N3O2S. The molecule has 2 fully saturated rings. The van der Waals surface area contributed by atoms with Crippen LogP contribution in [0.4, 0.5) is 0 Å². The summed E-state index contributed by atoms with van der Waals surface area (Å²) in [6, 6.07) is 0.346. The smallest absolute Gasteiger partial charge is 0.280 e. The zero-order valence-electron chi connectivity index (χ0n) is 8.36. The third kappa shape index (κ3) is 2.08. The molecule has 0 aromatic heterocycles. The Morgan fingerprint density at radius 1 is 1.43 bits per heavy atom. The van der Waals surface area contributed by atoms with Crippen LogP contribution < -0.4 is 10.0 Å². The standard InChI is InChI=1S/C8H17N3O2S/c1-2-11(8-5-9-6-8)14(12,13)10-7-3-4-7/h7-10H,2-6H2,1H3. The summed E-state index contributed by atoms with van der Waals surface area (Å²) in [6.07, 6.45) is 1.97. The average molecular weight is 219 g/mol. The van der Waals surface area contributed by atoms with Crippen LogP contribution in [0.1, 0.15) is 19.8 Å². The lowest BCUT2D eigenvalue weighted by Crippen LogP contribution is -2.60. The van der Waals surface area contributed by atoms with Gasteiger partial charge in [-0.2, -0.15) is 17.4 Å². The van der Waals surface area contributed by atoms with Gasteiger partial charge in [0.15, 0.2) is 0 Å². The van der Waals surface area contributed by atoms with E-state index in [1.54, 1.807) is 4.31 Å². The summed E-state index contributed by atoms with van der Waals surface area (Å²) in [5, 5.41) is 3.08. The fourth-order valence-corrected chi connectivity index (χ4v) is 3.25. The number of hydrogen-bond donors (Lipinski definition) is 2. The number of nitrogens with one attached hydrogen (secondary N) is 2. The van der Waals surface area contributed by atoms with Crippen molar-refractivity contribution in [3.8, 4) is 0 Å². The molecule has 0 amide bonds. The van der Waals surface area contributed by atoms with Crippen LogP contribution >= 0.6 is 0 Å². The normalized spacial score (nSPS) is 23.9. The molecule has 2 rings (SSSR count). The van der Waals surface area contributed by atoms with Gasteiger partial charge in [-0.15, -0.1) is 0 Å². The minimum Gasteiger partial charge on any atom is -0.313 e. The second-order valence-corrected chi connectivity index (χ2v) is 5.57. The summed E-state index contributed by atoms with van der Waals surface area (Å²) in [7, 11) is -3.23. The predicted octanol–water partition coefficient (Wildman–Crippen LogP) is -0.723. The Morgan fingerprint density at radius 2 is 2.07 bits per heavy atom. The van der Waals surface area contributed by atoms with Gasteiger partial charge in [0.25, 0.3) is 10.2 Å². The fourth-order valence-electron chi connectivity index (χ4n) is 1.58. The Bertz CT molecular complexity index is 296. The van der Waals surface area contributed by atoms with Crippen molar-refractivity contribution >= 4 is 10.2 Å². The predicted molar refractivity (Wildman–Crippen MR) is 54.1 cm³/mol. The van der Waals surface area contributed by atoms with Crippen molar-refractivity contribution in [2.45, 2.75) is 31.8 Å². The van der Waals surface area contributed by atoms with E-state index in [1.165, 1.54) is 0 Å². The van der Waals surface area contributed by atoms with Crippen molar-refractivity contribution in [1.29, 1.82) is 0 Å². The highest BCUT2D eigenvalue weighted by molar-refractivity contribution is 7.87. The second-order valence-electron chi connectivity index (χ2n) is 3.91. The molecule has 0 unspecified atom stereocenters. The van der Waals surface area contributed by atoms with Crippen LogP contribution in [-0.2, 0) is 10.2 Å². The SMILES string of the molecule is CCN(C1CNC1)S(=O)(=O)NC1CC1. The molecule has 1 aliphatic heterocycles. The van der Waals surface area contributed by atoms with E-state index < -0.39 is 10.2 Å². The molecule has 1 aliphatic carbocycles. The molecule has 1 saturated heterocycles. The maximum Gasteiger partial charge on any atom is 0.280 e. The van der Waals surface area contributed by atoms with Crippen molar-refractivity contribution in [2.75, 3.05) is 19.6 Å². The monoisotopic (exact) mass is 219 g/mol. The van der Waals surface area contributed by atoms with Crippen LogP contribution in [0, 0.1) is 0 Å². The molecule has 0 spiro atoms. The van der Waals surface area contributed by atoms with E-state index in [-0.39, 0.29) is 12.1 Å². The maximum atomic E-state index is 11.8. The van der Waals surface area contributed by atoms with E-state index in [4.69, 9.17) is 0 Å². The molecule has 2 aliphatic rings. The largest absolute Gasteiger partial charge is 0.313 e. The topological polar surface area (TPSA) is 61.4 Å². The van der Waals surface area contributed by atoms with Gasteiger partial charge in [-0.1, -0.05) is 6.92 Å². The van der Waals surface area contributed by atoms with Crippen LogP contribution in [0.15, 0.2) is 0 Å². The van der Waals surface area contributed by atoms with E-state index in [9.17, 15) is 8.42 Å². The highest BCUT2D eigenvalue weighted by Crippen LogP contribution is 2.21. The first-order chi connectivity index (χ1) is 6.63. The Balaban J connectivity index is 2.00. The molecule has 6 heteroatoms. The lowest BCUT2D eigenvalue weighted by atomic mass is 10.2. The van der Waals surface area contributed by atoms with Crippen LogP contribution in [0.5, 0.6) is 0 Å². The summed E-state index contributed by atoms with van der Waals surface area (Å²) < 4.78 is 27.9. The molecule has 0 radical (unpaired) electrons. The number of nitrogens with zero attached hydrogens (tertiary/aromatic N) is 1. The Hall–Kier alpha value is -0.170. The first-order valence-corrected chi connectivity index (χ1v) is 6.57. The number of rotatable bonds is 5. The van der Waals surface area contributed by atoms with Gasteiger partial charge in [-0.3, -0.25) is 0 Å². The molecule has 0 bridgehead atoms. The minimum absolute atomic E-state index is 0.149. The number of hydrogen-bond acceptors (Lipinski definition) is 3. The van der Waals surface area contributed by atoms with Crippen LogP contribution in [0.25, 0.3) is 0 Å². The van der Waals surface area contributed by atoms with Gasteiger partial charge in [0, 0.05) is 25.7 Å². The first kappa shape index (κ1) is 10.4. The summed E-state index contributed by atoms with van der Waals surface area (Å²) >= 11 is 0. The van der Waals surface area contributed by atoms with Crippen molar-refractivity contribution in [3.63, 3.8) is 0 Å². The van der Waals surface area contributed by atoms with Gasteiger partial charge in [0.1, 0.15) is 0 Å². The van der Waals surface area contributed by atoms with Gasteiger partial charge in [0.2, 0.25) is 0 Å².